The van der Waals surface area contributed by atoms with Crippen LogP contribution in [0.2, 0.25) is 5.02 Å². The first kappa shape index (κ1) is 16.7. The highest BCUT2D eigenvalue weighted by Gasteiger charge is 2.31. The van der Waals surface area contributed by atoms with Crippen LogP contribution in [0.15, 0.2) is 36.4 Å². The van der Waals surface area contributed by atoms with Gasteiger partial charge in [0.25, 0.3) is 5.91 Å². The summed E-state index contributed by atoms with van der Waals surface area (Å²) in [5.41, 5.74) is 0.578. The molecule has 0 bridgehead atoms. The molecule has 0 aliphatic carbocycles. The van der Waals surface area contributed by atoms with E-state index in [1.165, 1.54) is 23.1 Å². The molecule has 1 aliphatic heterocycles. The van der Waals surface area contributed by atoms with E-state index >= 15 is 0 Å². The van der Waals surface area contributed by atoms with Crippen LogP contribution in [0.1, 0.15) is 24.5 Å². The van der Waals surface area contributed by atoms with Gasteiger partial charge in [-0.05, 0) is 36.8 Å². The number of amides is 1. The van der Waals surface area contributed by atoms with Crippen molar-refractivity contribution in [1.82, 2.24) is 4.90 Å². The fourth-order valence-corrected chi connectivity index (χ4v) is 2.94. The molecule has 1 amide bonds. The molecule has 0 radical (unpaired) electrons. The van der Waals surface area contributed by atoms with E-state index in [4.69, 9.17) is 16.3 Å². The molecular weight excluding hydrogens is 336 g/mol. The molecule has 0 saturated heterocycles. The zero-order chi connectivity index (χ0) is 17.3. The normalized spacial score (nSPS) is 17.2. The minimum absolute atomic E-state index is 0.133. The summed E-state index contributed by atoms with van der Waals surface area (Å²) in [6, 6.07) is 8.75. The summed E-state index contributed by atoms with van der Waals surface area (Å²) in [6.45, 7) is 1.84. The number of benzene rings is 2. The van der Waals surface area contributed by atoms with Gasteiger partial charge in [0.1, 0.15) is 17.4 Å². The third kappa shape index (κ3) is 3.22. The second-order valence-corrected chi connectivity index (χ2v) is 6.10. The lowest BCUT2D eigenvalue weighted by molar-refractivity contribution is -0.139. The van der Waals surface area contributed by atoms with Crippen molar-refractivity contribution in [2.45, 2.75) is 32.5 Å². The molecule has 0 fully saturated rings. The van der Waals surface area contributed by atoms with E-state index in [9.17, 15) is 13.6 Å². The zero-order valence-electron chi connectivity index (χ0n) is 13.1. The Hall–Kier alpha value is -2.14. The summed E-state index contributed by atoms with van der Waals surface area (Å²) in [7, 11) is 0. The molecule has 2 aromatic carbocycles. The van der Waals surface area contributed by atoms with Crippen LogP contribution >= 0.6 is 11.6 Å². The van der Waals surface area contributed by atoms with Gasteiger partial charge in [-0.1, -0.05) is 24.6 Å². The summed E-state index contributed by atoms with van der Waals surface area (Å²) in [6.07, 6.45) is -0.237. The zero-order valence-corrected chi connectivity index (χ0v) is 13.8. The predicted molar refractivity (Wildman–Crippen MR) is 86.8 cm³/mol. The van der Waals surface area contributed by atoms with Gasteiger partial charge in [-0.3, -0.25) is 4.79 Å². The largest absolute Gasteiger partial charge is 0.480 e. The summed E-state index contributed by atoms with van der Waals surface area (Å²) >= 11 is 6.02. The molecule has 6 heteroatoms. The van der Waals surface area contributed by atoms with Crippen LogP contribution < -0.4 is 4.74 Å². The van der Waals surface area contributed by atoms with Crippen LogP contribution in [-0.4, -0.2) is 16.9 Å². The topological polar surface area (TPSA) is 29.5 Å². The Balaban J connectivity index is 1.98. The highest BCUT2D eigenvalue weighted by Crippen LogP contribution is 2.30. The highest BCUT2D eigenvalue weighted by molar-refractivity contribution is 6.30. The Morgan fingerprint density at radius 3 is 2.62 bits per heavy atom. The molecule has 0 N–H and O–H groups in total. The SMILES string of the molecule is CCC1Oc2ccc(Cl)cc2CN(Cc2c(F)cccc2F)C1=O. The van der Waals surface area contributed by atoms with E-state index < -0.39 is 17.7 Å². The molecule has 1 unspecified atom stereocenters. The predicted octanol–water partition coefficient (Wildman–Crippen LogP) is 4.32. The van der Waals surface area contributed by atoms with Crippen LogP contribution in [-0.2, 0) is 17.9 Å². The van der Waals surface area contributed by atoms with Crippen LogP contribution in [0.5, 0.6) is 5.75 Å². The fourth-order valence-electron chi connectivity index (χ4n) is 2.74. The number of carbonyl (C=O) groups excluding carboxylic acids is 1. The molecule has 0 aromatic heterocycles. The van der Waals surface area contributed by atoms with Crippen molar-refractivity contribution in [3.05, 3.63) is 64.2 Å². The van der Waals surface area contributed by atoms with Gasteiger partial charge in [0.15, 0.2) is 6.10 Å². The lowest BCUT2D eigenvalue weighted by atomic mass is 10.1. The quantitative estimate of drug-likeness (QED) is 0.824. The van der Waals surface area contributed by atoms with Crippen molar-refractivity contribution in [3.8, 4) is 5.75 Å². The average Bonchev–Trinajstić information content (AvgIpc) is 2.68. The first-order valence-electron chi connectivity index (χ1n) is 7.66. The standard InChI is InChI=1S/C18H16ClF2NO2/c1-2-16-18(23)22(10-13-14(20)4-3-5-15(13)21)9-11-8-12(19)6-7-17(11)24-16/h3-8,16H,2,9-10H2,1H3. The Morgan fingerprint density at radius 1 is 1.25 bits per heavy atom. The van der Waals surface area contributed by atoms with Gasteiger partial charge in [-0.25, -0.2) is 8.78 Å². The third-order valence-corrected chi connectivity index (χ3v) is 4.26. The minimum Gasteiger partial charge on any atom is -0.480 e. The number of carbonyl (C=O) groups is 1. The van der Waals surface area contributed by atoms with Crippen molar-refractivity contribution in [3.63, 3.8) is 0 Å². The lowest BCUT2D eigenvalue weighted by Gasteiger charge is -2.23. The van der Waals surface area contributed by atoms with Crippen molar-refractivity contribution in [2.75, 3.05) is 0 Å². The van der Waals surface area contributed by atoms with Crippen LogP contribution in [0, 0.1) is 11.6 Å². The molecule has 24 heavy (non-hydrogen) atoms. The first-order chi connectivity index (χ1) is 11.5. The maximum Gasteiger partial charge on any atom is 0.264 e. The van der Waals surface area contributed by atoms with Gasteiger partial charge in [0.05, 0.1) is 6.54 Å². The molecule has 0 spiro atoms. The second-order valence-electron chi connectivity index (χ2n) is 5.66. The summed E-state index contributed by atoms with van der Waals surface area (Å²) < 4.78 is 33.7. The van der Waals surface area contributed by atoms with E-state index in [1.54, 1.807) is 18.2 Å². The second kappa shape index (κ2) is 6.77. The van der Waals surface area contributed by atoms with Gasteiger partial charge in [0, 0.05) is 22.7 Å². The lowest BCUT2D eigenvalue weighted by Crippen LogP contribution is -2.39. The Labute approximate surface area is 143 Å². The molecule has 1 aliphatic rings. The number of rotatable bonds is 3. The summed E-state index contributed by atoms with van der Waals surface area (Å²) in [4.78, 5) is 14.1. The van der Waals surface area contributed by atoms with Crippen LogP contribution in [0.25, 0.3) is 0 Å². The monoisotopic (exact) mass is 351 g/mol. The molecule has 2 aromatic rings. The van der Waals surface area contributed by atoms with Crippen molar-refractivity contribution in [2.24, 2.45) is 0 Å². The molecule has 1 heterocycles. The number of hydrogen-bond acceptors (Lipinski definition) is 2. The van der Waals surface area contributed by atoms with Crippen molar-refractivity contribution < 1.29 is 18.3 Å². The number of halogens is 3. The van der Waals surface area contributed by atoms with Crippen molar-refractivity contribution in [1.29, 1.82) is 0 Å². The molecule has 0 saturated carbocycles. The molecule has 126 valence electrons. The molecule has 1 atom stereocenters. The maximum absolute atomic E-state index is 13.9. The van der Waals surface area contributed by atoms with Crippen LogP contribution in [0.3, 0.4) is 0 Å². The van der Waals surface area contributed by atoms with E-state index in [0.29, 0.717) is 22.8 Å². The summed E-state index contributed by atoms with van der Waals surface area (Å²) in [5.74, 6) is -1.08. The number of fused-ring (bicyclic) bond motifs is 1. The van der Waals surface area contributed by atoms with Gasteiger partial charge < -0.3 is 9.64 Å². The fraction of sp³-hybridized carbons (Fsp3) is 0.278. The average molecular weight is 352 g/mol. The van der Waals surface area contributed by atoms with Gasteiger partial charge in [0.2, 0.25) is 0 Å². The van der Waals surface area contributed by atoms with Gasteiger partial charge >= 0.3 is 0 Å². The van der Waals surface area contributed by atoms with Gasteiger partial charge in [-0.2, -0.15) is 0 Å². The van der Waals surface area contributed by atoms with Gasteiger partial charge in [-0.15, -0.1) is 0 Å². The molecular formula is C18H16ClF2NO2. The van der Waals surface area contributed by atoms with E-state index in [0.717, 1.165) is 0 Å². The third-order valence-electron chi connectivity index (χ3n) is 4.02. The Morgan fingerprint density at radius 2 is 1.96 bits per heavy atom. The highest BCUT2D eigenvalue weighted by atomic mass is 35.5. The number of hydrogen-bond donors (Lipinski definition) is 0. The minimum atomic E-state index is -0.692. The first-order valence-corrected chi connectivity index (χ1v) is 8.04. The molecule has 3 rings (SSSR count). The Kier molecular flexibility index (Phi) is 4.71. The van der Waals surface area contributed by atoms with E-state index in [2.05, 4.69) is 0 Å². The van der Waals surface area contributed by atoms with E-state index in [-0.39, 0.29) is 24.6 Å². The smallest absolute Gasteiger partial charge is 0.264 e. The number of nitrogens with zero attached hydrogens (tertiary/aromatic N) is 1. The maximum atomic E-state index is 13.9. The summed E-state index contributed by atoms with van der Waals surface area (Å²) in [5, 5.41) is 0.511. The number of ether oxygens (including phenoxy) is 1. The Bertz CT molecular complexity index is 761. The molecule has 3 nitrogen and oxygen atoms in total. The van der Waals surface area contributed by atoms with E-state index in [1.807, 2.05) is 6.92 Å². The van der Waals surface area contributed by atoms with Crippen molar-refractivity contribution >= 4 is 17.5 Å². The van der Waals surface area contributed by atoms with Crippen LogP contribution in [0.4, 0.5) is 8.78 Å².